The monoisotopic (exact) mass is 504 g/mol. The number of hydrogen-bond acceptors (Lipinski definition) is 5. The minimum Gasteiger partial charge on any atom is -0.386 e. The van der Waals surface area contributed by atoms with E-state index in [-0.39, 0.29) is 0 Å². The maximum atomic E-state index is 15.6. The van der Waals surface area contributed by atoms with E-state index in [9.17, 15) is 5.11 Å². The zero-order valence-electron chi connectivity index (χ0n) is 21.6. The van der Waals surface area contributed by atoms with Crippen LogP contribution in [0.15, 0.2) is 42.7 Å². The molecule has 192 valence electrons. The quantitative estimate of drug-likeness (QED) is 0.295. The molecule has 7 nitrogen and oxygen atoms in total. The lowest BCUT2D eigenvalue weighted by molar-refractivity contribution is 0.0784. The number of hydrogen-bond donors (Lipinski definition) is 1. The lowest BCUT2D eigenvalue weighted by Gasteiger charge is -2.23. The largest absolute Gasteiger partial charge is 0.386 e. The van der Waals surface area contributed by atoms with Crippen LogP contribution < -0.4 is 0 Å². The highest BCUT2D eigenvalue weighted by Crippen LogP contribution is 2.40. The summed E-state index contributed by atoms with van der Waals surface area (Å²) in [5.41, 5.74) is 3.23. The van der Waals surface area contributed by atoms with Gasteiger partial charge in [0.25, 0.3) is 0 Å². The van der Waals surface area contributed by atoms with E-state index in [1.54, 1.807) is 57.0 Å². The molecule has 0 saturated heterocycles. The Morgan fingerprint density at radius 2 is 1.86 bits per heavy atom. The van der Waals surface area contributed by atoms with E-state index in [1.807, 2.05) is 10.6 Å². The second kappa shape index (κ2) is 9.30. The van der Waals surface area contributed by atoms with Gasteiger partial charge in [-0.25, -0.2) is 13.5 Å². The van der Waals surface area contributed by atoms with Gasteiger partial charge in [0.15, 0.2) is 0 Å². The first kappa shape index (κ1) is 25.0. The highest BCUT2D eigenvalue weighted by Gasteiger charge is 2.27. The van der Waals surface area contributed by atoms with E-state index in [0.717, 1.165) is 12.8 Å². The highest BCUT2D eigenvalue weighted by atomic mass is 19.1. The first-order valence-electron chi connectivity index (χ1n) is 12.4. The molecule has 4 aromatic heterocycles. The number of halogens is 2. The lowest BCUT2D eigenvalue weighted by atomic mass is 10.00. The normalized spacial score (nSPS) is 13.1. The molecule has 0 aliphatic carbocycles. The van der Waals surface area contributed by atoms with Gasteiger partial charge in [-0.15, -0.1) is 5.10 Å². The molecule has 5 aromatic rings. The van der Waals surface area contributed by atoms with Gasteiger partial charge in [-0.05, 0) is 57.5 Å². The Labute approximate surface area is 213 Å². The molecule has 4 heterocycles. The van der Waals surface area contributed by atoms with Crippen LogP contribution >= 0.6 is 0 Å². The second-order valence-corrected chi connectivity index (χ2v) is 10.0. The van der Waals surface area contributed by atoms with Gasteiger partial charge >= 0.3 is 0 Å². The van der Waals surface area contributed by atoms with Crippen molar-refractivity contribution < 1.29 is 13.9 Å². The van der Waals surface area contributed by atoms with E-state index in [2.05, 4.69) is 27.2 Å². The summed E-state index contributed by atoms with van der Waals surface area (Å²) in [7, 11) is 1.72. The van der Waals surface area contributed by atoms with Crippen molar-refractivity contribution in [1.82, 2.24) is 29.5 Å². The lowest BCUT2D eigenvalue weighted by Crippen LogP contribution is -2.17. The number of nitrogens with zero attached hydrogens (tertiary/aromatic N) is 6. The number of pyridine rings is 2. The molecule has 0 radical (unpaired) electrons. The Balaban J connectivity index is 1.91. The summed E-state index contributed by atoms with van der Waals surface area (Å²) in [5, 5.41) is 19.5. The van der Waals surface area contributed by atoms with Crippen LogP contribution in [0.4, 0.5) is 8.78 Å². The molecule has 37 heavy (non-hydrogen) atoms. The van der Waals surface area contributed by atoms with Crippen LogP contribution in [-0.2, 0) is 12.6 Å². The molecule has 0 aliphatic rings. The fraction of sp³-hybridized carbons (Fsp3) is 0.357. The van der Waals surface area contributed by atoms with Gasteiger partial charge in [0.1, 0.15) is 11.6 Å². The summed E-state index contributed by atoms with van der Waals surface area (Å²) in [4.78, 5) is 9.08. The highest BCUT2D eigenvalue weighted by molar-refractivity contribution is 6.07. The third-order valence-corrected chi connectivity index (χ3v) is 6.93. The van der Waals surface area contributed by atoms with Gasteiger partial charge < -0.3 is 9.67 Å². The molecule has 9 heteroatoms. The van der Waals surface area contributed by atoms with Crippen molar-refractivity contribution in [2.45, 2.75) is 58.6 Å². The van der Waals surface area contributed by atoms with Crippen molar-refractivity contribution >= 4 is 21.9 Å². The SMILES string of the molecule is CCCC[C@@H](c1ncccc1F)n1c2cc(-c3c(C)nnn3C)c(F)cc2c2ncc(C(C)(C)O)cc21. The smallest absolute Gasteiger partial charge is 0.146 e. The van der Waals surface area contributed by atoms with Gasteiger partial charge in [-0.3, -0.25) is 9.97 Å². The number of aromatic nitrogens is 6. The number of unbranched alkanes of at least 4 members (excludes halogenated alkanes) is 1. The minimum atomic E-state index is -1.15. The van der Waals surface area contributed by atoms with Crippen molar-refractivity contribution in [3.05, 3.63) is 71.3 Å². The number of fused-ring (bicyclic) bond motifs is 3. The molecule has 1 aromatic carbocycles. The molecule has 1 N–H and O–H groups in total. The van der Waals surface area contributed by atoms with E-state index >= 15 is 8.78 Å². The summed E-state index contributed by atoms with van der Waals surface area (Å²) in [5.74, 6) is -0.832. The van der Waals surface area contributed by atoms with Crippen LogP contribution in [-0.4, -0.2) is 34.6 Å². The molecule has 0 bridgehead atoms. The third kappa shape index (κ3) is 4.27. The molecule has 0 saturated carbocycles. The van der Waals surface area contributed by atoms with E-state index in [1.165, 1.54) is 12.1 Å². The fourth-order valence-corrected chi connectivity index (χ4v) is 5.04. The predicted octanol–water partition coefficient (Wildman–Crippen LogP) is 5.97. The Morgan fingerprint density at radius 1 is 1.08 bits per heavy atom. The number of rotatable bonds is 7. The Hall–Kier alpha value is -3.72. The fourth-order valence-electron chi connectivity index (χ4n) is 5.04. The van der Waals surface area contributed by atoms with Crippen molar-refractivity contribution in [1.29, 1.82) is 0 Å². The van der Waals surface area contributed by atoms with Gasteiger partial charge in [-0.2, -0.15) is 0 Å². The van der Waals surface area contributed by atoms with Gasteiger partial charge in [-0.1, -0.05) is 25.0 Å². The van der Waals surface area contributed by atoms with Crippen LogP contribution in [0.1, 0.15) is 63.0 Å². The predicted molar refractivity (Wildman–Crippen MR) is 139 cm³/mol. The summed E-state index contributed by atoms with van der Waals surface area (Å²) in [6, 6.07) is 7.60. The number of aliphatic hydroxyl groups is 1. The van der Waals surface area contributed by atoms with Crippen molar-refractivity contribution in [3.8, 4) is 11.3 Å². The van der Waals surface area contributed by atoms with Crippen molar-refractivity contribution in [2.75, 3.05) is 0 Å². The van der Waals surface area contributed by atoms with Crippen LogP contribution in [0.25, 0.3) is 33.2 Å². The zero-order chi connectivity index (χ0) is 26.5. The van der Waals surface area contributed by atoms with E-state index in [4.69, 9.17) is 0 Å². The zero-order valence-corrected chi connectivity index (χ0v) is 21.6. The first-order chi connectivity index (χ1) is 17.6. The molecule has 1 atom stereocenters. The minimum absolute atomic E-state index is 0.313. The average molecular weight is 505 g/mol. The molecule has 5 rings (SSSR count). The summed E-state index contributed by atoms with van der Waals surface area (Å²) in [6.45, 7) is 7.24. The van der Waals surface area contributed by atoms with Gasteiger partial charge in [0.05, 0.1) is 45.3 Å². The molecule has 0 unspecified atom stereocenters. The Kier molecular flexibility index (Phi) is 6.27. The summed E-state index contributed by atoms with van der Waals surface area (Å²) >= 11 is 0. The van der Waals surface area contributed by atoms with Gasteiger partial charge in [0.2, 0.25) is 0 Å². The molecule has 0 aliphatic heterocycles. The summed E-state index contributed by atoms with van der Waals surface area (Å²) < 4.78 is 34.4. The van der Waals surface area contributed by atoms with Crippen LogP contribution in [0.5, 0.6) is 0 Å². The maximum absolute atomic E-state index is 15.6. The number of benzene rings is 1. The van der Waals surface area contributed by atoms with Crippen LogP contribution in [0.3, 0.4) is 0 Å². The average Bonchev–Trinajstić information content (AvgIpc) is 3.35. The molecular weight excluding hydrogens is 474 g/mol. The third-order valence-electron chi connectivity index (χ3n) is 6.93. The molecular formula is C28H30F2N6O. The van der Waals surface area contributed by atoms with E-state index < -0.39 is 23.3 Å². The van der Waals surface area contributed by atoms with Crippen molar-refractivity contribution in [3.63, 3.8) is 0 Å². The Bertz CT molecular complexity index is 1600. The molecule has 0 amide bonds. The number of aryl methyl sites for hydroxylation is 2. The van der Waals surface area contributed by atoms with E-state index in [0.29, 0.717) is 56.6 Å². The van der Waals surface area contributed by atoms with Crippen LogP contribution in [0, 0.1) is 18.6 Å². The standard InChI is InChI=1S/C28H30F2N6O/c1-6-7-10-22(26-20(29)9-8-11-31-26)36-23-14-18(27-16(2)33-34-35(27)5)21(30)13-19(23)25-24(36)12-17(15-32-25)28(3,4)37/h8-9,11-15,22,37H,6-7,10H2,1-5H3/t22-/m0/s1. The first-order valence-corrected chi connectivity index (χ1v) is 12.4. The molecule has 0 fully saturated rings. The summed E-state index contributed by atoms with van der Waals surface area (Å²) in [6.07, 6.45) is 5.56. The van der Waals surface area contributed by atoms with Crippen LogP contribution in [0.2, 0.25) is 0 Å². The second-order valence-electron chi connectivity index (χ2n) is 10.0. The Morgan fingerprint density at radius 3 is 2.51 bits per heavy atom. The van der Waals surface area contributed by atoms with Crippen molar-refractivity contribution in [2.24, 2.45) is 7.05 Å². The molecule has 0 spiro atoms. The van der Waals surface area contributed by atoms with Gasteiger partial charge in [0, 0.05) is 36.0 Å². The topological polar surface area (TPSA) is 81.7 Å². The maximum Gasteiger partial charge on any atom is 0.146 e.